The molecule has 2 aromatic heterocycles. The van der Waals surface area contributed by atoms with Crippen LogP contribution in [0.15, 0.2) is 36.5 Å². The molecule has 1 aromatic carbocycles. The first-order valence-corrected chi connectivity index (χ1v) is 13.2. The molecule has 3 heterocycles. The molecule has 2 amide bonds. The predicted octanol–water partition coefficient (Wildman–Crippen LogP) is 4.40. The van der Waals surface area contributed by atoms with Crippen LogP contribution in [0.4, 0.5) is 0 Å². The zero-order chi connectivity index (χ0) is 26.7. The van der Waals surface area contributed by atoms with Crippen LogP contribution in [0.5, 0.6) is 0 Å². The fourth-order valence-corrected chi connectivity index (χ4v) is 5.71. The van der Waals surface area contributed by atoms with Crippen molar-refractivity contribution in [3.8, 4) is 11.3 Å². The molecule has 1 aliphatic heterocycles. The second-order valence-corrected chi connectivity index (χ2v) is 12.1. The molecule has 2 aliphatic rings. The summed E-state index contributed by atoms with van der Waals surface area (Å²) in [6.07, 6.45) is 2.69. The maximum absolute atomic E-state index is 13.7. The van der Waals surface area contributed by atoms with E-state index in [1.807, 2.05) is 54.0 Å². The first kappa shape index (κ1) is 25.7. The number of amides is 2. The van der Waals surface area contributed by atoms with Crippen molar-refractivity contribution in [1.29, 1.82) is 0 Å². The number of carbonyl (C=O) groups is 2. The Morgan fingerprint density at radius 1 is 1.11 bits per heavy atom. The number of imidazole rings is 1. The predicted molar refractivity (Wildman–Crippen MR) is 143 cm³/mol. The Balaban J connectivity index is 1.40. The van der Waals surface area contributed by atoms with Gasteiger partial charge in [-0.2, -0.15) is 5.10 Å². The van der Waals surface area contributed by atoms with Crippen molar-refractivity contribution >= 4 is 29.1 Å². The minimum Gasteiger partial charge on any atom is -0.390 e. The normalized spacial score (nSPS) is 23.4. The van der Waals surface area contributed by atoms with Gasteiger partial charge in [0.15, 0.2) is 5.65 Å². The van der Waals surface area contributed by atoms with E-state index in [1.165, 1.54) is 0 Å². The Bertz CT molecular complexity index is 1350. The number of nitrogens with zero attached hydrogens (tertiary/aromatic N) is 5. The van der Waals surface area contributed by atoms with Crippen molar-refractivity contribution in [2.45, 2.75) is 64.5 Å². The summed E-state index contributed by atoms with van der Waals surface area (Å²) >= 11 is 6.06. The van der Waals surface area contributed by atoms with Crippen LogP contribution in [-0.4, -0.2) is 72.1 Å². The third kappa shape index (κ3) is 4.84. The lowest BCUT2D eigenvalue weighted by Crippen LogP contribution is -2.63. The van der Waals surface area contributed by atoms with Gasteiger partial charge >= 0.3 is 0 Å². The van der Waals surface area contributed by atoms with Gasteiger partial charge in [-0.1, -0.05) is 37.6 Å². The quantitative estimate of drug-likeness (QED) is 0.547. The number of hydrogen-bond donors (Lipinski definition) is 1. The molecule has 9 heteroatoms. The lowest BCUT2D eigenvalue weighted by molar-refractivity contribution is -0.153. The fraction of sp³-hybridized carbons (Fsp3) is 0.500. The Morgan fingerprint density at radius 3 is 2.38 bits per heavy atom. The summed E-state index contributed by atoms with van der Waals surface area (Å²) in [5.41, 5.74) is 2.43. The smallest absolute Gasteiger partial charge is 0.274 e. The molecule has 1 aliphatic carbocycles. The number of piperazine rings is 1. The number of fused-ring (bicyclic) bond motifs is 1. The number of carbonyl (C=O) groups excluding carboxylic acids is 2. The van der Waals surface area contributed by atoms with Crippen LogP contribution in [0.3, 0.4) is 0 Å². The van der Waals surface area contributed by atoms with Crippen LogP contribution in [0.1, 0.15) is 69.4 Å². The molecule has 37 heavy (non-hydrogen) atoms. The van der Waals surface area contributed by atoms with Gasteiger partial charge in [0.1, 0.15) is 5.69 Å². The second-order valence-electron chi connectivity index (χ2n) is 11.7. The van der Waals surface area contributed by atoms with Gasteiger partial charge in [0.05, 0.1) is 23.0 Å². The molecule has 196 valence electrons. The summed E-state index contributed by atoms with van der Waals surface area (Å²) < 4.78 is 1.70. The van der Waals surface area contributed by atoms with Crippen LogP contribution in [0.2, 0.25) is 5.02 Å². The van der Waals surface area contributed by atoms with Gasteiger partial charge in [0.2, 0.25) is 5.91 Å². The van der Waals surface area contributed by atoms with Crippen LogP contribution in [-0.2, 0) is 4.79 Å². The Labute approximate surface area is 222 Å². The van der Waals surface area contributed by atoms with Gasteiger partial charge in [0.25, 0.3) is 5.91 Å². The molecule has 5 rings (SSSR count). The monoisotopic (exact) mass is 523 g/mol. The van der Waals surface area contributed by atoms with Crippen molar-refractivity contribution in [2.24, 2.45) is 5.92 Å². The summed E-state index contributed by atoms with van der Waals surface area (Å²) in [7, 11) is 0. The minimum absolute atomic E-state index is 0.0694. The zero-order valence-electron chi connectivity index (χ0n) is 22.0. The molecule has 1 N–H and O–H groups in total. The van der Waals surface area contributed by atoms with Crippen LogP contribution < -0.4 is 0 Å². The highest BCUT2D eigenvalue weighted by molar-refractivity contribution is 6.30. The highest BCUT2D eigenvalue weighted by Gasteiger charge is 2.46. The molecule has 0 atom stereocenters. The molecular formula is C28H34ClN5O3. The van der Waals surface area contributed by atoms with Gasteiger partial charge in [-0.15, -0.1) is 0 Å². The molecular weight excluding hydrogens is 490 g/mol. The Kier molecular flexibility index (Phi) is 6.31. The van der Waals surface area contributed by atoms with Crippen LogP contribution in [0, 0.1) is 5.92 Å². The summed E-state index contributed by atoms with van der Waals surface area (Å²) in [5.74, 6) is -0.0566. The molecule has 1 saturated heterocycles. The molecule has 0 unspecified atom stereocenters. The van der Waals surface area contributed by atoms with Gasteiger partial charge < -0.3 is 14.9 Å². The van der Waals surface area contributed by atoms with E-state index in [0.717, 1.165) is 16.8 Å². The Morgan fingerprint density at radius 2 is 1.78 bits per heavy atom. The van der Waals surface area contributed by atoms with Crippen LogP contribution in [0.25, 0.3) is 16.9 Å². The number of halogens is 1. The van der Waals surface area contributed by atoms with Crippen molar-refractivity contribution in [3.05, 3.63) is 52.8 Å². The average Bonchev–Trinajstić information content (AvgIpc) is 3.25. The average molecular weight is 524 g/mol. The molecule has 0 spiro atoms. The topological polar surface area (TPSA) is 91.0 Å². The first-order chi connectivity index (χ1) is 17.3. The van der Waals surface area contributed by atoms with Crippen molar-refractivity contribution in [3.63, 3.8) is 0 Å². The highest BCUT2D eigenvalue weighted by Crippen LogP contribution is 2.39. The standard InChI is InChI=1S/C28H34ClN5O3/c1-17(2)21-12-22(18-6-8-20(29)9-7-18)31-34-15-23(30-24(21)34)26(36)33-11-10-32(16-27(33,3)4)25(35)19-13-28(5,37)14-19/h6-9,12,15,17,19,37H,10-11,13-14,16H2,1-5H3/t19-,28+. The molecule has 2 fully saturated rings. The van der Waals surface area contributed by atoms with E-state index >= 15 is 0 Å². The van der Waals surface area contributed by atoms with E-state index in [4.69, 9.17) is 21.7 Å². The third-order valence-corrected chi connectivity index (χ3v) is 7.87. The van der Waals surface area contributed by atoms with Gasteiger partial charge in [-0.05, 0) is 57.7 Å². The molecule has 0 radical (unpaired) electrons. The largest absolute Gasteiger partial charge is 0.390 e. The van der Waals surface area contributed by atoms with E-state index in [-0.39, 0.29) is 23.7 Å². The number of aliphatic hydroxyl groups is 1. The molecule has 1 saturated carbocycles. The van der Waals surface area contributed by atoms with Gasteiger partial charge in [0, 0.05) is 41.7 Å². The van der Waals surface area contributed by atoms with E-state index in [2.05, 4.69) is 13.8 Å². The number of hydrogen-bond acceptors (Lipinski definition) is 5. The fourth-order valence-electron chi connectivity index (χ4n) is 5.58. The van der Waals surface area contributed by atoms with E-state index < -0.39 is 11.1 Å². The van der Waals surface area contributed by atoms with E-state index in [1.54, 1.807) is 17.6 Å². The van der Waals surface area contributed by atoms with E-state index in [0.29, 0.717) is 48.8 Å². The van der Waals surface area contributed by atoms with E-state index in [9.17, 15) is 14.7 Å². The lowest BCUT2D eigenvalue weighted by atomic mass is 9.71. The number of benzene rings is 1. The molecule has 0 bridgehead atoms. The number of aromatic nitrogens is 3. The number of rotatable bonds is 4. The van der Waals surface area contributed by atoms with Gasteiger partial charge in [-0.25, -0.2) is 9.50 Å². The van der Waals surface area contributed by atoms with Crippen LogP contribution >= 0.6 is 11.6 Å². The third-order valence-electron chi connectivity index (χ3n) is 7.62. The SMILES string of the molecule is CC(C)c1cc(-c2ccc(Cl)cc2)nn2cc(C(=O)N3CCN(C(=O)[C@H]4C[C@@](C)(O)C4)CC3(C)C)nc12. The maximum Gasteiger partial charge on any atom is 0.274 e. The molecule has 8 nitrogen and oxygen atoms in total. The van der Waals surface area contributed by atoms with Crippen molar-refractivity contribution < 1.29 is 14.7 Å². The first-order valence-electron chi connectivity index (χ1n) is 12.8. The van der Waals surface area contributed by atoms with Crippen molar-refractivity contribution in [2.75, 3.05) is 19.6 Å². The highest BCUT2D eigenvalue weighted by atomic mass is 35.5. The second kappa shape index (κ2) is 9.10. The minimum atomic E-state index is -0.743. The van der Waals surface area contributed by atoms with Gasteiger partial charge in [-0.3, -0.25) is 9.59 Å². The van der Waals surface area contributed by atoms with Crippen molar-refractivity contribution in [1.82, 2.24) is 24.4 Å². The lowest BCUT2D eigenvalue weighted by Gasteiger charge is -2.49. The summed E-state index contributed by atoms with van der Waals surface area (Å²) in [4.78, 5) is 35.0. The zero-order valence-corrected chi connectivity index (χ0v) is 22.8. The summed E-state index contributed by atoms with van der Waals surface area (Å²) in [6.45, 7) is 11.3. The molecule has 3 aromatic rings. The summed E-state index contributed by atoms with van der Waals surface area (Å²) in [5, 5.41) is 15.5. The Hall–Kier alpha value is -2.97. The summed E-state index contributed by atoms with van der Waals surface area (Å²) in [6, 6.07) is 9.55. The maximum atomic E-state index is 13.7.